The van der Waals surface area contributed by atoms with Crippen LogP contribution in [0.25, 0.3) is 0 Å². The van der Waals surface area contributed by atoms with Crippen LogP contribution in [0.3, 0.4) is 0 Å². The third kappa shape index (κ3) is 5.01. The number of sulfone groups is 1. The Labute approximate surface area is 182 Å². The van der Waals surface area contributed by atoms with E-state index in [9.17, 15) is 22.9 Å². The molecule has 0 radical (unpaired) electrons. The van der Waals surface area contributed by atoms with E-state index in [0.29, 0.717) is 24.1 Å². The maximum Gasteiger partial charge on any atom is 0.270 e. The van der Waals surface area contributed by atoms with Crippen molar-refractivity contribution in [2.75, 3.05) is 5.75 Å². The Bertz CT molecular complexity index is 1100. The van der Waals surface area contributed by atoms with Gasteiger partial charge in [0.15, 0.2) is 9.84 Å². The van der Waals surface area contributed by atoms with Gasteiger partial charge in [-0.2, -0.15) is 0 Å². The number of non-ortho nitro benzene ring substituents is 1. The summed E-state index contributed by atoms with van der Waals surface area (Å²) in [6, 6.07) is 9.51. The van der Waals surface area contributed by atoms with Crippen LogP contribution in [0.4, 0.5) is 10.1 Å². The second kappa shape index (κ2) is 9.26. The van der Waals surface area contributed by atoms with Gasteiger partial charge in [-0.3, -0.25) is 15.1 Å². The summed E-state index contributed by atoms with van der Waals surface area (Å²) in [5.41, 5.74) is -0.115. The van der Waals surface area contributed by atoms with Crippen LogP contribution < -0.4 is 0 Å². The Balaban J connectivity index is 2.32. The molecule has 1 aliphatic rings. The molecule has 8 heteroatoms. The molecule has 1 aliphatic heterocycles. The van der Waals surface area contributed by atoms with E-state index in [0.717, 1.165) is 31.7 Å². The van der Waals surface area contributed by atoms with Crippen LogP contribution in [-0.4, -0.2) is 30.3 Å². The van der Waals surface area contributed by atoms with E-state index < -0.39 is 26.1 Å². The van der Waals surface area contributed by atoms with E-state index >= 15 is 0 Å². The molecule has 0 fully saturated rings. The number of halogens is 1. The summed E-state index contributed by atoms with van der Waals surface area (Å²) >= 11 is 0. The van der Waals surface area contributed by atoms with Crippen LogP contribution in [0.15, 0.2) is 52.4 Å². The number of rotatable bonds is 8. The van der Waals surface area contributed by atoms with Crippen molar-refractivity contribution < 1.29 is 17.7 Å². The SMILES string of the molecule is CCCCC1(CCCC)CS(=O)(=O)c2ccc(F)cc2C(c2cccc([N+](=O)[O-])c2)=N1. The fourth-order valence-corrected chi connectivity index (χ4v) is 6.08. The van der Waals surface area contributed by atoms with Gasteiger partial charge < -0.3 is 0 Å². The predicted octanol–water partition coefficient (Wildman–Crippen LogP) is 5.48. The molecular formula is C23H27FN2O4S. The van der Waals surface area contributed by atoms with Gasteiger partial charge in [0.25, 0.3) is 5.69 Å². The zero-order chi connectivity index (χ0) is 22.6. The number of unbranched alkanes of at least 4 members (excludes halogenated alkanes) is 2. The number of nitro benzene ring substituents is 1. The van der Waals surface area contributed by atoms with Crippen LogP contribution in [0, 0.1) is 15.9 Å². The van der Waals surface area contributed by atoms with Crippen LogP contribution in [0.2, 0.25) is 0 Å². The summed E-state index contributed by atoms with van der Waals surface area (Å²) in [5, 5.41) is 11.3. The van der Waals surface area contributed by atoms with Crippen molar-refractivity contribution in [1.82, 2.24) is 0 Å². The molecule has 0 saturated carbocycles. The largest absolute Gasteiger partial charge is 0.276 e. The molecule has 0 saturated heterocycles. The highest BCUT2D eigenvalue weighted by Gasteiger charge is 2.40. The molecule has 3 rings (SSSR count). The summed E-state index contributed by atoms with van der Waals surface area (Å²) < 4.78 is 41.0. The van der Waals surface area contributed by atoms with Crippen LogP contribution in [-0.2, 0) is 9.84 Å². The number of benzene rings is 2. The van der Waals surface area contributed by atoms with Crippen LogP contribution in [0.1, 0.15) is 63.5 Å². The second-order valence-electron chi connectivity index (χ2n) is 8.10. The molecule has 0 bridgehead atoms. The van der Waals surface area contributed by atoms with E-state index in [1.807, 2.05) is 13.8 Å². The lowest BCUT2D eigenvalue weighted by Gasteiger charge is -2.29. The van der Waals surface area contributed by atoms with Gasteiger partial charge in [0.1, 0.15) is 5.82 Å². The van der Waals surface area contributed by atoms with E-state index in [-0.39, 0.29) is 21.9 Å². The maximum absolute atomic E-state index is 14.2. The summed E-state index contributed by atoms with van der Waals surface area (Å²) in [6.45, 7) is 4.07. The van der Waals surface area contributed by atoms with Crippen molar-refractivity contribution >= 4 is 21.2 Å². The van der Waals surface area contributed by atoms with Crippen LogP contribution in [0.5, 0.6) is 0 Å². The number of hydrogen-bond donors (Lipinski definition) is 0. The average Bonchev–Trinajstić information content (AvgIpc) is 2.83. The minimum atomic E-state index is -3.75. The van der Waals surface area contributed by atoms with Crippen molar-refractivity contribution in [3.63, 3.8) is 0 Å². The molecule has 6 nitrogen and oxygen atoms in total. The van der Waals surface area contributed by atoms with Gasteiger partial charge in [-0.15, -0.1) is 0 Å². The first kappa shape index (κ1) is 23.1. The topological polar surface area (TPSA) is 89.6 Å². The molecule has 0 aromatic heterocycles. The Hall–Kier alpha value is -2.61. The third-order valence-corrected chi connectivity index (χ3v) is 7.60. The molecule has 2 aromatic carbocycles. The standard InChI is InChI=1S/C23H27FN2O4S/c1-3-5-12-23(13-6-4-2)16-31(29,30)21-11-10-18(24)15-20(21)22(25-23)17-8-7-9-19(14-17)26(27)28/h7-11,14-15H,3-6,12-13,16H2,1-2H3. The molecule has 31 heavy (non-hydrogen) atoms. The maximum atomic E-state index is 14.2. The number of nitrogens with zero attached hydrogens (tertiary/aromatic N) is 2. The monoisotopic (exact) mass is 446 g/mol. The van der Waals surface area contributed by atoms with Gasteiger partial charge in [-0.25, -0.2) is 12.8 Å². The summed E-state index contributed by atoms with van der Waals surface area (Å²) in [4.78, 5) is 15.8. The summed E-state index contributed by atoms with van der Waals surface area (Å²) in [6.07, 6.45) is 4.54. The number of nitro groups is 1. The van der Waals surface area contributed by atoms with Gasteiger partial charge in [-0.1, -0.05) is 51.7 Å². The molecule has 1 heterocycles. The number of hydrogen-bond acceptors (Lipinski definition) is 5. The molecule has 0 N–H and O–H groups in total. The van der Waals surface area contributed by atoms with Gasteiger partial charge >= 0.3 is 0 Å². The lowest BCUT2D eigenvalue weighted by atomic mass is 9.88. The van der Waals surface area contributed by atoms with Crippen molar-refractivity contribution in [2.24, 2.45) is 4.99 Å². The molecule has 166 valence electrons. The van der Waals surface area contributed by atoms with Crippen molar-refractivity contribution in [1.29, 1.82) is 0 Å². The summed E-state index contributed by atoms with van der Waals surface area (Å²) in [7, 11) is -3.75. The minimum absolute atomic E-state index is 0.0222. The first-order valence-corrected chi connectivity index (χ1v) is 12.2. The minimum Gasteiger partial charge on any atom is -0.276 e. The molecule has 0 amide bonds. The quantitative estimate of drug-likeness (QED) is 0.305. The van der Waals surface area contributed by atoms with Gasteiger partial charge in [0.2, 0.25) is 0 Å². The highest BCUT2D eigenvalue weighted by Crippen LogP contribution is 2.37. The zero-order valence-electron chi connectivity index (χ0n) is 17.8. The Morgan fingerprint density at radius 3 is 2.39 bits per heavy atom. The lowest BCUT2D eigenvalue weighted by molar-refractivity contribution is -0.384. The highest BCUT2D eigenvalue weighted by molar-refractivity contribution is 7.91. The normalized spacial score (nSPS) is 16.8. The average molecular weight is 447 g/mol. The molecule has 0 aliphatic carbocycles. The van der Waals surface area contributed by atoms with E-state index in [4.69, 9.17) is 4.99 Å². The zero-order valence-corrected chi connectivity index (χ0v) is 18.6. The van der Waals surface area contributed by atoms with Crippen molar-refractivity contribution in [3.05, 3.63) is 69.5 Å². The Morgan fingerprint density at radius 1 is 1.10 bits per heavy atom. The first-order valence-electron chi connectivity index (χ1n) is 10.6. The van der Waals surface area contributed by atoms with Gasteiger partial charge in [0, 0.05) is 23.3 Å². The molecule has 0 atom stereocenters. The highest BCUT2D eigenvalue weighted by atomic mass is 32.2. The number of fused-ring (bicyclic) bond motifs is 1. The second-order valence-corrected chi connectivity index (χ2v) is 10.1. The predicted molar refractivity (Wildman–Crippen MR) is 119 cm³/mol. The van der Waals surface area contributed by atoms with Crippen molar-refractivity contribution in [2.45, 2.75) is 62.8 Å². The van der Waals surface area contributed by atoms with Crippen molar-refractivity contribution in [3.8, 4) is 0 Å². The molecular weight excluding hydrogens is 419 g/mol. The molecule has 2 aromatic rings. The fourth-order valence-electron chi connectivity index (χ4n) is 4.10. The smallest absolute Gasteiger partial charge is 0.270 e. The van der Waals surface area contributed by atoms with Gasteiger partial charge in [-0.05, 0) is 31.0 Å². The Morgan fingerprint density at radius 2 is 1.77 bits per heavy atom. The number of aliphatic imine (C=N–C) groups is 1. The molecule has 0 unspecified atom stereocenters. The van der Waals surface area contributed by atoms with E-state index in [2.05, 4.69) is 0 Å². The van der Waals surface area contributed by atoms with Gasteiger partial charge in [0.05, 0.1) is 26.8 Å². The van der Waals surface area contributed by atoms with Crippen LogP contribution >= 0.6 is 0 Å². The Kier molecular flexibility index (Phi) is 6.89. The fraction of sp³-hybridized carbons (Fsp3) is 0.435. The van der Waals surface area contributed by atoms with E-state index in [1.165, 1.54) is 30.3 Å². The third-order valence-electron chi connectivity index (χ3n) is 5.66. The summed E-state index contributed by atoms with van der Waals surface area (Å²) in [5.74, 6) is -0.737. The lowest BCUT2D eigenvalue weighted by Crippen LogP contribution is -2.35. The molecule has 0 spiro atoms. The van der Waals surface area contributed by atoms with E-state index in [1.54, 1.807) is 6.07 Å². The first-order chi connectivity index (χ1) is 14.7.